The maximum absolute atomic E-state index is 12.1. The van der Waals surface area contributed by atoms with Crippen molar-refractivity contribution < 1.29 is 24.5 Å². The van der Waals surface area contributed by atoms with Crippen molar-refractivity contribution in [2.45, 2.75) is 50.7 Å². The highest BCUT2D eigenvalue weighted by atomic mass is 16.5. The van der Waals surface area contributed by atoms with E-state index in [0.29, 0.717) is 24.3 Å². The molecule has 1 aliphatic carbocycles. The number of aliphatic hydroxyl groups excluding tert-OH is 1. The van der Waals surface area contributed by atoms with Crippen LogP contribution in [0.15, 0.2) is 48.5 Å². The number of benzene rings is 2. The molecule has 0 aromatic heterocycles. The number of carboxylic acid groups (broad SMARTS) is 1. The van der Waals surface area contributed by atoms with Gasteiger partial charge in [0.1, 0.15) is 11.9 Å². The monoisotopic (exact) mass is 383 g/mol. The van der Waals surface area contributed by atoms with Gasteiger partial charge in [-0.15, -0.1) is 0 Å². The summed E-state index contributed by atoms with van der Waals surface area (Å²) in [4.78, 5) is 23.0. The number of aliphatic hydroxyl groups is 1. The molecule has 28 heavy (non-hydrogen) atoms. The van der Waals surface area contributed by atoms with Crippen LogP contribution in [0.2, 0.25) is 0 Å². The summed E-state index contributed by atoms with van der Waals surface area (Å²) in [6, 6.07) is 13.7. The molecule has 6 nitrogen and oxygen atoms in total. The molecule has 2 aromatic carbocycles. The van der Waals surface area contributed by atoms with Crippen LogP contribution in [0.5, 0.6) is 5.75 Å². The number of carbonyl (C=O) groups excluding carboxylic acids is 1. The second-order valence-corrected chi connectivity index (χ2v) is 7.08. The van der Waals surface area contributed by atoms with Gasteiger partial charge in [0.15, 0.2) is 0 Å². The van der Waals surface area contributed by atoms with E-state index in [1.807, 2.05) is 0 Å². The Kier molecular flexibility index (Phi) is 6.66. The summed E-state index contributed by atoms with van der Waals surface area (Å²) in [6.45, 7) is 0. The summed E-state index contributed by atoms with van der Waals surface area (Å²) in [5.74, 6) is -0.393. The zero-order chi connectivity index (χ0) is 19.9. The fourth-order valence-corrected chi connectivity index (χ4v) is 3.30. The third-order valence-corrected chi connectivity index (χ3v) is 4.93. The number of ether oxygens (including phenoxy) is 1. The van der Waals surface area contributed by atoms with Gasteiger partial charge in [0.05, 0.1) is 11.7 Å². The van der Waals surface area contributed by atoms with Crippen LogP contribution in [0.1, 0.15) is 48.0 Å². The first-order valence-electron chi connectivity index (χ1n) is 9.58. The lowest BCUT2D eigenvalue weighted by atomic mass is 9.95. The molecular weight excluding hydrogens is 358 g/mol. The van der Waals surface area contributed by atoms with E-state index in [1.54, 1.807) is 36.4 Å². The lowest BCUT2D eigenvalue weighted by Gasteiger charge is -2.28. The van der Waals surface area contributed by atoms with E-state index >= 15 is 0 Å². The number of hydrogen-bond donors (Lipinski definition) is 3. The Morgan fingerprint density at radius 3 is 2.32 bits per heavy atom. The topological polar surface area (TPSA) is 95.9 Å². The van der Waals surface area contributed by atoms with E-state index in [4.69, 9.17) is 9.84 Å². The van der Waals surface area contributed by atoms with Crippen LogP contribution in [0.3, 0.4) is 0 Å². The van der Waals surface area contributed by atoms with Gasteiger partial charge in [-0.1, -0.05) is 18.6 Å². The molecule has 2 atom stereocenters. The van der Waals surface area contributed by atoms with Gasteiger partial charge in [-0.2, -0.15) is 0 Å². The van der Waals surface area contributed by atoms with Crippen LogP contribution in [-0.2, 0) is 11.2 Å². The van der Waals surface area contributed by atoms with Gasteiger partial charge in [0.25, 0.3) is 0 Å². The van der Waals surface area contributed by atoms with Crippen molar-refractivity contribution in [3.8, 4) is 5.75 Å². The predicted molar refractivity (Wildman–Crippen MR) is 106 cm³/mol. The molecule has 3 rings (SSSR count). The van der Waals surface area contributed by atoms with Crippen LogP contribution < -0.4 is 10.1 Å². The highest BCUT2D eigenvalue weighted by Crippen LogP contribution is 2.25. The number of nitrogens with one attached hydrogen (secondary N) is 1. The van der Waals surface area contributed by atoms with Crippen molar-refractivity contribution >= 4 is 17.6 Å². The standard InChI is InChI=1S/C22H25NO5/c24-19-3-1-2-4-20(19)28-18-12-10-17(11-13-18)23-21(25)14-7-15-5-8-16(9-6-15)22(26)27/h5-6,8-13,19-20,24H,1-4,7,14H2,(H,23,25)(H,26,27). The van der Waals surface area contributed by atoms with Gasteiger partial charge < -0.3 is 20.3 Å². The largest absolute Gasteiger partial charge is 0.488 e. The Balaban J connectivity index is 1.46. The second kappa shape index (κ2) is 9.37. The molecule has 3 N–H and O–H groups in total. The minimum atomic E-state index is -0.963. The van der Waals surface area contributed by atoms with Crippen molar-refractivity contribution in [3.63, 3.8) is 0 Å². The first kappa shape index (κ1) is 19.9. The third-order valence-electron chi connectivity index (χ3n) is 4.93. The minimum absolute atomic E-state index is 0.112. The van der Waals surface area contributed by atoms with Gasteiger partial charge in [-0.05, 0) is 67.6 Å². The van der Waals surface area contributed by atoms with E-state index in [1.165, 1.54) is 12.1 Å². The normalized spacial score (nSPS) is 19.0. The zero-order valence-electron chi connectivity index (χ0n) is 15.6. The molecule has 1 amide bonds. The molecule has 0 bridgehead atoms. The summed E-state index contributed by atoms with van der Waals surface area (Å²) in [5, 5.41) is 21.7. The van der Waals surface area contributed by atoms with Crippen LogP contribution in [0.25, 0.3) is 0 Å². The number of amides is 1. The summed E-state index contributed by atoms with van der Waals surface area (Å²) in [6.07, 6.45) is 3.99. The minimum Gasteiger partial charge on any atom is -0.488 e. The Labute approximate surface area is 164 Å². The number of aryl methyl sites for hydroxylation is 1. The van der Waals surface area contributed by atoms with E-state index in [9.17, 15) is 14.7 Å². The number of carboxylic acids is 1. The maximum atomic E-state index is 12.1. The second-order valence-electron chi connectivity index (χ2n) is 7.08. The summed E-state index contributed by atoms with van der Waals surface area (Å²) in [5.41, 5.74) is 1.83. The molecule has 0 radical (unpaired) electrons. The number of aromatic carboxylic acids is 1. The van der Waals surface area contributed by atoms with Crippen molar-refractivity contribution in [3.05, 3.63) is 59.7 Å². The highest BCUT2D eigenvalue weighted by Gasteiger charge is 2.24. The molecule has 0 heterocycles. The molecule has 1 fully saturated rings. The summed E-state index contributed by atoms with van der Waals surface area (Å²) < 4.78 is 5.85. The lowest BCUT2D eigenvalue weighted by molar-refractivity contribution is -0.116. The van der Waals surface area contributed by atoms with E-state index in [-0.39, 0.29) is 17.6 Å². The average Bonchev–Trinajstić information content (AvgIpc) is 2.70. The van der Waals surface area contributed by atoms with Crippen LogP contribution in [-0.4, -0.2) is 34.3 Å². The predicted octanol–water partition coefficient (Wildman–Crippen LogP) is 3.64. The third kappa shape index (κ3) is 5.57. The first-order chi connectivity index (χ1) is 13.5. The molecule has 148 valence electrons. The number of anilines is 1. The molecule has 0 aliphatic heterocycles. The van der Waals surface area contributed by atoms with Crippen molar-refractivity contribution in [1.29, 1.82) is 0 Å². The van der Waals surface area contributed by atoms with Gasteiger partial charge in [-0.25, -0.2) is 4.79 Å². The van der Waals surface area contributed by atoms with Gasteiger partial charge in [0, 0.05) is 12.1 Å². The lowest BCUT2D eigenvalue weighted by Crippen LogP contribution is -2.34. The van der Waals surface area contributed by atoms with Gasteiger partial charge in [0.2, 0.25) is 5.91 Å². The fourth-order valence-electron chi connectivity index (χ4n) is 3.30. The smallest absolute Gasteiger partial charge is 0.335 e. The van der Waals surface area contributed by atoms with Crippen LogP contribution >= 0.6 is 0 Å². The Morgan fingerprint density at radius 1 is 1.00 bits per heavy atom. The molecule has 1 aliphatic rings. The summed E-state index contributed by atoms with van der Waals surface area (Å²) >= 11 is 0. The first-order valence-corrected chi connectivity index (χ1v) is 9.58. The zero-order valence-corrected chi connectivity index (χ0v) is 15.6. The molecule has 2 unspecified atom stereocenters. The van der Waals surface area contributed by atoms with Crippen LogP contribution in [0.4, 0.5) is 5.69 Å². The van der Waals surface area contributed by atoms with Crippen molar-refractivity contribution in [2.24, 2.45) is 0 Å². The highest BCUT2D eigenvalue weighted by molar-refractivity contribution is 5.91. The van der Waals surface area contributed by atoms with E-state index < -0.39 is 12.1 Å². The number of rotatable bonds is 7. The molecule has 2 aromatic rings. The maximum Gasteiger partial charge on any atom is 0.335 e. The van der Waals surface area contributed by atoms with Crippen LogP contribution in [0, 0.1) is 0 Å². The Bertz CT molecular complexity index is 801. The molecule has 1 saturated carbocycles. The van der Waals surface area contributed by atoms with E-state index in [2.05, 4.69) is 5.32 Å². The van der Waals surface area contributed by atoms with Gasteiger partial charge in [-0.3, -0.25) is 4.79 Å². The fraction of sp³-hybridized carbons (Fsp3) is 0.364. The number of hydrogen-bond acceptors (Lipinski definition) is 4. The molecule has 0 spiro atoms. The quantitative estimate of drug-likeness (QED) is 0.678. The van der Waals surface area contributed by atoms with Gasteiger partial charge >= 0.3 is 5.97 Å². The Morgan fingerprint density at radius 2 is 1.68 bits per heavy atom. The van der Waals surface area contributed by atoms with E-state index in [0.717, 1.165) is 31.2 Å². The number of carbonyl (C=O) groups is 2. The molecule has 0 saturated heterocycles. The SMILES string of the molecule is O=C(CCc1ccc(C(=O)O)cc1)Nc1ccc(OC2CCCCC2O)cc1. The molecular formula is C22H25NO5. The Hall–Kier alpha value is -2.86. The average molecular weight is 383 g/mol. The van der Waals surface area contributed by atoms with Crippen molar-refractivity contribution in [2.75, 3.05) is 5.32 Å². The molecule has 6 heteroatoms. The van der Waals surface area contributed by atoms with Crippen molar-refractivity contribution in [1.82, 2.24) is 0 Å². The summed E-state index contributed by atoms with van der Waals surface area (Å²) in [7, 11) is 0.